The number of hydrogen-bond acceptors (Lipinski definition) is 6. The fourth-order valence-electron chi connectivity index (χ4n) is 5.65. The van der Waals surface area contributed by atoms with E-state index in [9.17, 15) is 0 Å². The number of methoxy groups -OCH3 is 2. The molecule has 0 spiro atoms. The highest BCUT2D eigenvalue weighted by Crippen LogP contribution is 2.48. The van der Waals surface area contributed by atoms with Crippen LogP contribution in [0.25, 0.3) is 0 Å². The van der Waals surface area contributed by atoms with Gasteiger partial charge in [-0.3, -0.25) is 9.98 Å². The standard InChI is InChI=1S/C38H32N2O2S2/c1-41-29-19-15-25(16-20-29)33-23-37(43-35-9-5-3-7-31(35)39-33)27-11-13-28(14-12-27)38-24-34(26-17-21-30(42-2)22-18-26)40-32-8-4-6-10-36(32)44-38/h3-22,37-38H,23-24H2,1-2H3. The average Bonchev–Trinajstić information content (AvgIpc) is 3.41. The van der Waals surface area contributed by atoms with Crippen LogP contribution in [0.1, 0.15) is 45.6 Å². The Morgan fingerprint density at radius 3 is 1.27 bits per heavy atom. The molecule has 2 aliphatic heterocycles. The van der Waals surface area contributed by atoms with Gasteiger partial charge in [0.2, 0.25) is 0 Å². The predicted octanol–water partition coefficient (Wildman–Crippen LogP) is 10.4. The van der Waals surface area contributed by atoms with E-state index in [0.29, 0.717) is 0 Å². The monoisotopic (exact) mass is 612 g/mol. The van der Waals surface area contributed by atoms with Gasteiger partial charge in [0, 0.05) is 44.6 Å². The van der Waals surface area contributed by atoms with Crippen molar-refractivity contribution in [2.45, 2.75) is 33.1 Å². The van der Waals surface area contributed by atoms with Gasteiger partial charge in [-0.2, -0.15) is 0 Å². The molecule has 2 atom stereocenters. The highest BCUT2D eigenvalue weighted by molar-refractivity contribution is 8.00. The summed E-state index contributed by atoms with van der Waals surface area (Å²) in [6.45, 7) is 0. The predicted molar refractivity (Wildman–Crippen MR) is 184 cm³/mol. The van der Waals surface area contributed by atoms with Crippen LogP contribution >= 0.6 is 23.5 Å². The fourth-order valence-corrected chi connectivity index (χ4v) is 8.12. The molecule has 0 aromatic heterocycles. The summed E-state index contributed by atoms with van der Waals surface area (Å²) in [6.07, 6.45) is 1.68. The van der Waals surface area contributed by atoms with Gasteiger partial charge in [0.1, 0.15) is 11.5 Å². The molecular formula is C38H32N2O2S2. The molecule has 0 bridgehead atoms. The van der Waals surface area contributed by atoms with Gasteiger partial charge in [-0.15, -0.1) is 23.5 Å². The highest BCUT2D eigenvalue weighted by Gasteiger charge is 2.25. The zero-order valence-electron chi connectivity index (χ0n) is 24.6. The van der Waals surface area contributed by atoms with Crippen LogP contribution < -0.4 is 9.47 Å². The molecule has 6 heteroatoms. The van der Waals surface area contributed by atoms with Crippen LogP contribution in [0.15, 0.2) is 141 Å². The number of hydrogen-bond donors (Lipinski definition) is 0. The Morgan fingerprint density at radius 1 is 0.500 bits per heavy atom. The molecule has 2 aliphatic rings. The molecule has 5 aromatic carbocycles. The normalized spacial score (nSPS) is 17.7. The quantitative estimate of drug-likeness (QED) is 0.191. The molecule has 2 heterocycles. The van der Waals surface area contributed by atoms with Crippen molar-refractivity contribution in [1.29, 1.82) is 0 Å². The van der Waals surface area contributed by atoms with E-state index in [1.165, 1.54) is 20.9 Å². The van der Waals surface area contributed by atoms with Gasteiger partial charge in [-0.1, -0.05) is 48.5 Å². The number of thioether (sulfide) groups is 2. The highest BCUT2D eigenvalue weighted by atomic mass is 32.2. The maximum Gasteiger partial charge on any atom is 0.118 e. The van der Waals surface area contributed by atoms with E-state index in [1.54, 1.807) is 14.2 Å². The lowest BCUT2D eigenvalue weighted by atomic mass is 9.97. The van der Waals surface area contributed by atoms with Gasteiger partial charge in [0.05, 0.1) is 25.6 Å². The van der Waals surface area contributed by atoms with Crippen LogP contribution in [-0.2, 0) is 0 Å². The summed E-state index contributed by atoms with van der Waals surface area (Å²) in [5.74, 6) is 1.70. The summed E-state index contributed by atoms with van der Waals surface area (Å²) in [5, 5.41) is 0.486. The first-order chi connectivity index (χ1) is 21.7. The Hall–Kier alpha value is -4.26. The van der Waals surface area contributed by atoms with E-state index in [-0.39, 0.29) is 10.5 Å². The molecule has 0 saturated heterocycles. The number of aliphatic imine (C=N–C) groups is 2. The summed E-state index contributed by atoms with van der Waals surface area (Å²) in [4.78, 5) is 12.7. The van der Waals surface area contributed by atoms with E-state index < -0.39 is 0 Å². The van der Waals surface area contributed by atoms with E-state index in [4.69, 9.17) is 19.5 Å². The van der Waals surface area contributed by atoms with Gasteiger partial charge in [-0.25, -0.2) is 0 Å². The van der Waals surface area contributed by atoms with Crippen LogP contribution in [0.2, 0.25) is 0 Å². The van der Waals surface area contributed by atoms with Gasteiger partial charge >= 0.3 is 0 Å². The van der Waals surface area contributed by atoms with Crippen molar-refractivity contribution in [2.24, 2.45) is 9.98 Å². The second-order valence-electron chi connectivity index (χ2n) is 10.8. The number of nitrogens with zero attached hydrogens (tertiary/aromatic N) is 2. The topological polar surface area (TPSA) is 43.2 Å². The number of rotatable bonds is 6. The lowest BCUT2D eigenvalue weighted by Gasteiger charge is -2.19. The van der Waals surface area contributed by atoms with Gasteiger partial charge in [0.15, 0.2) is 0 Å². The number of para-hydroxylation sites is 2. The maximum atomic E-state index is 5.40. The third-order valence-corrected chi connectivity index (χ3v) is 10.7. The zero-order valence-corrected chi connectivity index (χ0v) is 26.3. The van der Waals surface area contributed by atoms with E-state index >= 15 is 0 Å². The van der Waals surface area contributed by atoms with Gasteiger partial charge < -0.3 is 9.47 Å². The molecule has 44 heavy (non-hydrogen) atoms. The van der Waals surface area contributed by atoms with E-state index in [1.807, 2.05) is 47.8 Å². The molecule has 5 aromatic rings. The molecular weight excluding hydrogens is 581 g/mol. The number of fused-ring (bicyclic) bond motifs is 2. The van der Waals surface area contributed by atoms with E-state index in [0.717, 1.165) is 58.3 Å². The number of benzene rings is 5. The van der Waals surface area contributed by atoms with Crippen molar-refractivity contribution in [2.75, 3.05) is 14.2 Å². The van der Waals surface area contributed by atoms with Gasteiger partial charge in [0.25, 0.3) is 0 Å². The summed E-state index contributed by atoms with van der Waals surface area (Å²) >= 11 is 3.80. The first-order valence-electron chi connectivity index (χ1n) is 14.7. The minimum Gasteiger partial charge on any atom is -0.497 e. The summed E-state index contributed by atoms with van der Waals surface area (Å²) < 4.78 is 10.8. The minimum absolute atomic E-state index is 0.243. The molecule has 0 N–H and O–H groups in total. The molecule has 218 valence electrons. The Kier molecular flexibility index (Phi) is 8.27. The van der Waals surface area contributed by atoms with Crippen molar-refractivity contribution in [1.82, 2.24) is 0 Å². The van der Waals surface area contributed by atoms with Crippen LogP contribution in [0.5, 0.6) is 11.5 Å². The van der Waals surface area contributed by atoms with Crippen molar-refractivity contribution in [3.8, 4) is 11.5 Å². The SMILES string of the molecule is COc1ccc(C2=Nc3ccccc3SC(c3ccc(C4CC(c5ccc(OC)cc5)=Nc5ccccc5S4)cc3)C2)cc1. The van der Waals surface area contributed by atoms with Crippen LogP contribution in [-0.4, -0.2) is 25.6 Å². The molecule has 4 nitrogen and oxygen atoms in total. The Morgan fingerprint density at radius 2 is 0.886 bits per heavy atom. The summed E-state index contributed by atoms with van der Waals surface area (Å²) in [6, 6.07) is 42.7. The largest absolute Gasteiger partial charge is 0.497 e. The molecule has 7 rings (SSSR count). The molecule has 0 amide bonds. The van der Waals surface area contributed by atoms with Crippen molar-refractivity contribution >= 4 is 46.3 Å². The molecule has 0 radical (unpaired) electrons. The van der Waals surface area contributed by atoms with Gasteiger partial charge in [-0.05, 0) is 95.1 Å². The first kappa shape index (κ1) is 28.5. The van der Waals surface area contributed by atoms with Crippen LogP contribution in [0.4, 0.5) is 11.4 Å². The molecule has 0 saturated carbocycles. The zero-order chi connectivity index (χ0) is 29.9. The van der Waals surface area contributed by atoms with E-state index in [2.05, 4.69) is 97.1 Å². The lowest BCUT2D eigenvalue weighted by Crippen LogP contribution is -2.07. The smallest absolute Gasteiger partial charge is 0.118 e. The summed E-state index contributed by atoms with van der Waals surface area (Å²) in [7, 11) is 3.40. The fraction of sp³-hybridized carbons (Fsp3) is 0.158. The summed E-state index contributed by atoms with van der Waals surface area (Å²) in [5.41, 5.74) is 9.11. The first-order valence-corrected chi connectivity index (χ1v) is 16.5. The second-order valence-corrected chi connectivity index (χ2v) is 13.3. The second kappa shape index (κ2) is 12.8. The molecule has 0 aliphatic carbocycles. The lowest BCUT2D eigenvalue weighted by molar-refractivity contribution is 0.414. The Balaban J connectivity index is 1.19. The number of ether oxygens (including phenoxy) is 2. The molecule has 2 unspecified atom stereocenters. The Bertz CT molecular complexity index is 1700. The van der Waals surface area contributed by atoms with Crippen LogP contribution in [0, 0.1) is 0 Å². The van der Waals surface area contributed by atoms with Crippen molar-refractivity contribution in [3.63, 3.8) is 0 Å². The maximum absolute atomic E-state index is 5.40. The third-order valence-electron chi connectivity index (χ3n) is 8.06. The molecule has 0 fully saturated rings. The van der Waals surface area contributed by atoms with Crippen molar-refractivity contribution < 1.29 is 9.47 Å². The third kappa shape index (κ3) is 6.05. The average molecular weight is 613 g/mol. The Labute approximate surface area is 267 Å². The van der Waals surface area contributed by atoms with Crippen molar-refractivity contribution in [3.05, 3.63) is 144 Å². The van der Waals surface area contributed by atoms with Crippen LogP contribution in [0.3, 0.4) is 0 Å². The minimum atomic E-state index is 0.243.